The van der Waals surface area contributed by atoms with Gasteiger partial charge in [0.2, 0.25) is 11.8 Å². The molecule has 2 amide bonds. The number of benzene rings is 1. The van der Waals surface area contributed by atoms with Crippen molar-refractivity contribution in [2.24, 2.45) is 0 Å². The van der Waals surface area contributed by atoms with E-state index in [0.717, 1.165) is 5.56 Å². The van der Waals surface area contributed by atoms with Crippen LogP contribution in [0.1, 0.15) is 12.0 Å². The van der Waals surface area contributed by atoms with Gasteiger partial charge in [0.05, 0.1) is 31.7 Å². The first kappa shape index (κ1) is 18.3. The van der Waals surface area contributed by atoms with Crippen molar-refractivity contribution < 1.29 is 24.2 Å². The van der Waals surface area contributed by atoms with E-state index in [1.54, 1.807) is 12.1 Å². The highest BCUT2D eigenvalue weighted by Gasteiger charge is 2.32. The average molecular weight is 339 g/mol. The second-order valence-electron chi connectivity index (χ2n) is 5.74. The molecule has 0 spiro atoms. The van der Waals surface area contributed by atoms with E-state index in [1.165, 1.54) is 12.1 Å². The summed E-state index contributed by atoms with van der Waals surface area (Å²) in [6.07, 6.45) is -0.0996. The molecule has 0 aliphatic carbocycles. The second kappa shape index (κ2) is 8.72. The highest BCUT2D eigenvalue weighted by molar-refractivity contribution is 5.88. The molecule has 132 valence electrons. The molecule has 8 heteroatoms. The summed E-state index contributed by atoms with van der Waals surface area (Å²) in [5, 5.41) is 23.2. The topological polar surface area (TPSA) is 102 Å². The zero-order chi connectivity index (χ0) is 17.5. The van der Waals surface area contributed by atoms with E-state index in [4.69, 9.17) is 10.2 Å². The number of halogens is 1. The van der Waals surface area contributed by atoms with Gasteiger partial charge in [-0.05, 0) is 17.7 Å². The summed E-state index contributed by atoms with van der Waals surface area (Å²) in [6, 6.07) is 4.68. The minimum Gasteiger partial charge on any atom is -0.394 e. The first-order valence-electron chi connectivity index (χ1n) is 7.80. The van der Waals surface area contributed by atoms with Crippen LogP contribution in [0.25, 0.3) is 0 Å². The number of carbonyl (C=O) groups excluding carboxylic acids is 2. The minimum absolute atomic E-state index is 0.0996. The van der Waals surface area contributed by atoms with Gasteiger partial charge in [-0.2, -0.15) is 0 Å². The summed E-state index contributed by atoms with van der Waals surface area (Å²) >= 11 is 0. The summed E-state index contributed by atoms with van der Waals surface area (Å²) in [6.45, 7) is 0.594. The van der Waals surface area contributed by atoms with Crippen molar-refractivity contribution in [3.05, 3.63) is 35.6 Å². The van der Waals surface area contributed by atoms with E-state index in [2.05, 4.69) is 10.6 Å². The van der Waals surface area contributed by atoms with Gasteiger partial charge in [-0.1, -0.05) is 12.1 Å². The van der Waals surface area contributed by atoms with Gasteiger partial charge >= 0.3 is 0 Å². The standard InChI is InChI=1S/C16H22FN3O4/c17-12-3-1-2-11(6-12)8-20-5-4-18-16(24)14(20)7-15(23)19-13(9-21)10-22/h1-3,6,13-14,21-22H,4-5,7-10H2,(H,18,24)(H,19,23)/t14-/m1/s1. The van der Waals surface area contributed by atoms with E-state index in [1.807, 2.05) is 4.90 Å². The lowest BCUT2D eigenvalue weighted by atomic mass is 10.1. The van der Waals surface area contributed by atoms with Crippen molar-refractivity contribution >= 4 is 11.8 Å². The quantitative estimate of drug-likeness (QED) is 0.510. The number of hydrogen-bond donors (Lipinski definition) is 4. The number of amides is 2. The van der Waals surface area contributed by atoms with Crippen LogP contribution in [0, 0.1) is 5.82 Å². The lowest BCUT2D eigenvalue weighted by Gasteiger charge is -2.35. The van der Waals surface area contributed by atoms with Gasteiger partial charge in [0.15, 0.2) is 0 Å². The lowest BCUT2D eigenvalue weighted by Crippen LogP contribution is -2.56. The van der Waals surface area contributed by atoms with Crippen LogP contribution in [0.4, 0.5) is 4.39 Å². The maximum absolute atomic E-state index is 13.3. The third-order valence-electron chi connectivity index (χ3n) is 3.90. The van der Waals surface area contributed by atoms with Crippen LogP contribution in [0.15, 0.2) is 24.3 Å². The molecule has 2 rings (SSSR count). The zero-order valence-corrected chi connectivity index (χ0v) is 13.2. The molecule has 0 unspecified atom stereocenters. The van der Waals surface area contributed by atoms with Crippen LogP contribution in [0.3, 0.4) is 0 Å². The van der Waals surface area contributed by atoms with Crippen LogP contribution >= 0.6 is 0 Å². The fraction of sp³-hybridized carbons (Fsp3) is 0.500. The molecule has 1 aliphatic heterocycles. The number of aliphatic hydroxyl groups is 2. The van der Waals surface area contributed by atoms with Crippen molar-refractivity contribution in [2.45, 2.75) is 25.0 Å². The molecule has 1 saturated heterocycles. The Morgan fingerprint density at radius 1 is 1.42 bits per heavy atom. The fourth-order valence-electron chi connectivity index (χ4n) is 2.65. The minimum atomic E-state index is -0.749. The fourth-order valence-corrected chi connectivity index (χ4v) is 2.65. The Kier molecular flexibility index (Phi) is 6.65. The number of piperazine rings is 1. The van der Waals surface area contributed by atoms with E-state index < -0.39 is 18.0 Å². The first-order chi connectivity index (χ1) is 11.5. The molecule has 0 bridgehead atoms. The molecule has 7 nitrogen and oxygen atoms in total. The second-order valence-corrected chi connectivity index (χ2v) is 5.74. The first-order valence-corrected chi connectivity index (χ1v) is 7.80. The Morgan fingerprint density at radius 2 is 2.17 bits per heavy atom. The molecule has 1 heterocycles. The highest BCUT2D eigenvalue weighted by Crippen LogP contribution is 2.14. The molecule has 4 N–H and O–H groups in total. The van der Waals surface area contributed by atoms with E-state index in [9.17, 15) is 14.0 Å². The number of rotatable bonds is 7. The summed E-state index contributed by atoms with van der Waals surface area (Å²) in [7, 11) is 0. The Morgan fingerprint density at radius 3 is 2.83 bits per heavy atom. The van der Waals surface area contributed by atoms with Crippen LogP contribution in [-0.4, -0.2) is 65.3 Å². The SMILES string of the molecule is O=C(C[C@@H]1C(=O)NCCN1Cc1cccc(F)c1)NC(CO)CO. The molecule has 0 aromatic heterocycles. The third-order valence-corrected chi connectivity index (χ3v) is 3.90. The van der Waals surface area contributed by atoms with Gasteiger partial charge in [0.1, 0.15) is 5.82 Å². The van der Waals surface area contributed by atoms with Gasteiger partial charge in [-0.3, -0.25) is 14.5 Å². The number of nitrogens with one attached hydrogen (secondary N) is 2. The summed E-state index contributed by atoms with van der Waals surface area (Å²) in [5.41, 5.74) is 0.721. The van der Waals surface area contributed by atoms with Gasteiger partial charge < -0.3 is 20.8 Å². The van der Waals surface area contributed by atoms with Crippen molar-refractivity contribution in [1.82, 2.24) is 15.5 Å². The smallest absolute Gasteiger partial charge is 0.237 e. The molecule has 1 aromatic carbocycles. The third kappa shape index (κ3) is 4.98. The van der Waals surface area contributed by atoms with Crippen LogP contribution in [-0.2, 0) is 16.1 Å². The Labute approximate surface area is 139 Å². The molecule has 0 saturated carbocycles. The summed E-state index contributed by atoms with van der Waals surface area (Å²) in [4.78, 5) is 26.0. The van der Waals surface area contributed by atoms with Crippen molar-refractivity contribution in [1.29, 1.82) is 0 Å². The monoisotopic (exact) mass is 339 g/mol. The Balaban J connectivity index is 2.03. The van der Waals surface area contributed by atoms with Crippen molar-refractivity contribution in [3.8, 4) is 0 Å². The number of aliphatic hydroxyl groups excluding tert-OH is 2. The maximum Gasteiger partial charge on any atom is 0.237 e. The van der Waals surface area contributed by atoms with Crippen LogP contribution < -0.4 is 10.6 Å². The van der Waals surface area contributed by atoms with E-state index in [0.29, 0.717) is 19.6 Å². The molecule has 1 aromatic rings. The molecule has 0 radical (unpaired) electrons. The van der Waals surface area contributed by atoms with Gasteiger partial charge in [0.25, 0.3) is 0 Å². The lowest BCUT2D eigenvalue weighted by molar-refractivity contribution is -0.134. The normalized spacial score (nSPS) is 18.5. The molecule has 1 fully saturated rings. The predicted octanol–water partition coefficient (Wildman–Crippen LogP) is -1.01. The van der Waals surface area contributed by atoms with Crippen molar-refractivity contribution in [2.75, 3.05) is 26.3 Å². The molecule has 1 aliphatic rings. The summed E-state index contributed by atoms with van der Waals surface area (Å²) < 4.78 is 13.3. The largest absolute Gasteiger partial charge is 0.394 e. The van der Waals surface area contributed by atoms with Crippen LogP contribution in [0.5, 0.6) is 0 Å². The Hall–Kier alpha value is -2.03. The Bertz CT molecular complexity index is 580. The zero-order valence-electron chi connectivity index (χ0n) is 13.2. The average Bonchev–Trinajstić information content (AvgIpc) is 2.56. The van der Waals surface area contributed by atoms with Crippen molar-refractivity contribution in [3.63, 3.8) is 0 Å². The van der Waals surface area contributed by atoms with E-state index >= 15 is 0 Å². The predicted molar refractivity (Wildman–Crippen MR) is 84.3 cm³/mol. The van der Waals surface area contributed by atoms with Gasteiger partial charge in [-0.15, -0.1) is 0 Å². The molecular weight excluding hydrogens is 317 g/mol. The highest BCUT2D eigenvalue weighted by atomic mass is 19.1. The van der Waals surface area contributed by atoms with E-state index in [-0.39, 0.29) is 31.4 Å². The molecule has 1 atom stereocenters. The van der Waals surface area contributed by atoms with Gasteiger partial charge in [-0.25, -0.2) is 4.39 Å². The molecular formula is C16H22FN3O4. The number of carbonyl (C=O) groups is 2. The summed E-state index contributed by atoms with van der Waals surface area (Å²) in [5.74, 6) is -1.05. The van der Waals surface area contributed by atoms with Crippen LogP contribution in [0.2, 0.25) is 0 Å². The molecule has 24 heavy (non-hydrogen) atoms. The maximum atomic E-state index is 13.3. The number of nitrogens with zero attached hydrogens (tertiary/aromatic N) is 1. The number of hydrogen-bond acceptors (Lipinski definition) is 5. The van der Waals surface area contributed by atoms with Gasteiger partial charge in [0, 0.05) is 19.6 Å².